The summed E-state index contributed by atoms with van der Waals surface area (Å²) in [6, 6.07) is 9.65. The molecule has 20 heavy (non-hydrogen) atoms. The van der Waals surface area contributed by atoms with Crippen molar-refractivity contribution in [3.63, 3.8) is 0 Å². The van der Waals surface area contributed by atoms with E-state index in [1.165, 1.54) is 0 Å². The van der Waals surface area contributed by atoms with Crippen molar-refractivity contribution in [2.45, 2.75) is 25.3 Å². The van der Waals surface area contributed by atoms with Gasteiger partial charge in [-0.3, -0.25) is 4.79 Å². The Kier molecular flexibility index (Phi) is 3.61. The molecule has 1 fully saturated rings. The average Bonchev–Trinajstić information content (AvgIpc) is 3.18. The van der Waals surface area contributed by atoms with Crippen LogP contribution in [0.1, 0.15) is 40.6 Å². The summed E-state index contributed by atoms with van der Waals surface area (Å²) in [5.41, 5.74) is 1.45. The smallest absolute Gasteiger partial charge is 0.276 e. The Bertz CT molecular complexity index is 634. The molecule has 2 aromatic rings. The zero-order valence-corrected chi connectivity index (χ0v) is 12.8. The molecule has 1 aromatic heterocycles. The van der Waals surface area contributed by atoms with Gasteiger partial charge in [-0.25, -0.2) is 0 Å². The van der Waals surface area contributed by atoms with Crippen LogP contribution < -0.4 is 0 Å². The maximum atomic E-state index is 12.3. The Balaban J connectivity index is 1.71. The number of nitrogens with zero attached hydrogens (tertiary/aromatic N) is 2. The molecule has 5 heteroatoms. The SMILES string of the molecule is CN(Cc1ccccc1Br)C(=O)c1cc(C2CC2)on1. The van der Waals surface area contributed by atoms with E-state index in [1.54, 1.807) is 18.0 Å². The largest absolute Gasteiger partial charge is 0.360 e. The van der Waals surface area contributed by atoms with Crippen LogP contribution in [0.25, 0.3) is 0 Å². The van der Waals surface area contributed by atoms with E-state index < -0.39 is 0 Å². The number of hydrogen-bond acceptors (Lipinski definition) is 3. The molecule has 0 bridgehead atoms. The number of rotatable bonds is 4. The molecule has 0 spiro atoms. The first-order chi connectivity index (χ1) is 9.65. The highest BCUT2D eigenvalue weighted by Crippen LogP contribution is 2.40. The molecule has 1 aliphatic rings. The number of hydrogen-bond donors (Lipinski definition) is 0. The molecule has 1 saturated carbocycles. The lowest BCUT2D eigenvalue weighted by atomic mass is 10.2. The summed E-state index contributed by atoms with van der Waals surface area (Å²) in [5, 5.41) is 3.88. The summed E-state index contributed by atoms with van der Waals surface area (Å²) in [5.74, 6) is 1.19. The molecule has 1 heterocycles. The zero-order chi connectivity index (χ0) is 14.1. The number of aromatic nitrogens is 1. The standard InChI is InChI=1S/C15H15BrN2O2/c1-18(9-11-4-2-3-5-12(11)16)15(19)13-8-14(20-17-13)10-6-7-10/h2-5,8,10H,6-7,9H2,1H3. The Morgan fingerprint density at radius 3 is 2.90 bits per heavy atom. The van der Waals surface area contributed by atoms with Crippen LogP contribution in [0.5, 0.6) is 0 Å². The third kappa shape index (κ3) is 2.77. The van der Waals surface area contributed by atoms with Crippen molar-refractivity contribution >= 4 is 21.8 Å². The minimum atomic E-state index is -0.114. The van der Waals surface area contributed by atoms with Crippen LogP contribution in [-0.2, 0) is 6.54 Å². The van der Waals surface area contributed by atoms with Crippen LogP contribution in [0.4, 0.5) is 0 Å². The zero-order valence-electron chi connectivity index (χ0n) is 11.2. The second-order valence-electron chi connectivity index (χ2n) is 5.14. The fourth-order valence-electron chi connectivity index (χ4n) is 2.10. The van der Waals surface area contributed by atoms with E-state index in [4.69, 9.17) is 4.52 Å². The fourth-order valence-corrected chi connectivity index (χ4v) is 2.51. The summed E-state index contributed by atoms with van der Waals surface area (Å²) >= 11 is 3.49. The van der Waals surface area contributed by atoms with Crippen LogP contribution in [-0.4, -0.2) is 23.0 Å². The lowest BCUT2D eigenvalue weighted by molar-refractivity contribution is 0.0774. The lowest BCUT2D eigenvalue weighted by Gasteiger charge is -2.16. The topological polar surface area (TPSA) is 46.3 Å². The van der Waals surface area contributed by atoms with Crippen molar-refractivity contribution in [1.82, 2.24) is 10.1 Å². The van der Waals surface area contributed by atoms with Gasteiger partial charge in [0, 0.05) is 30.0 Å². The second-order valence-corrected chi connectivity index (χ2v) is 6.00. The van der Waals surface area contributed by atoms with Gasteiger partial charge in [-0.1, -0.05) is 39.3 Å². The van der Waals surface area contributed by atoms with E-state index in [-0.39, 0.29) is 5.91 Å². The van der Waals surface area contributed by atoms with Gasteiger partial charge in [-0.2, -0.15) is 0 Å². The molecule has 1 amide bonds. The fraction of sp³-hybridized carbons (Fsp3) is 0.333. The number of carbonyl (C=O) groups is 1. The first-order valence-electron chi connectivity index (χ1n) is 6.60. The summed E-state index contributed by atoms with van der Waals surface area (Å²) in [6.07, 6.45) is 2.27. The third-order valence-corrected chi connectivity index (χ3v) is 4.21. The molecule has 0 atom stereocenters. The monoisotopic (exact) mass is 334 g/mol. The quantitative estimate of drug-likeness (QED) is 0.858. The van der Waals surface area contributed by atoms with Gasteiger partial charge in [-0.05, 0) is 24.5 Å². The average molecular weight is 335 g/mol. The van der Waals surface area contributed by atoms with Crippen molar-refractivity contribution < 1.29 is 9.32 Å². The van der Waals surface area contributed by atoms with Gasteiger partial charge < -0.3 is 9.42 Å². The predicted molar refractivity (Wildman–Crippen MR) is 78.4 cm³/mol. The van der Waals surface area contributed by atoms with Gasteiger partial charge in [-0.15, -0.1) is 0 Å². The molecule has 1 aromatic carbocycles. The van der Waals surface area contributed by atoms with Crippen LogP contribution in [0, 0.1) is 0 Å². The van der Waals surface area contributed by atoms with Crippen molar-refractivity contribution in [3.8, 4) is 0 Å². The summed E-state index contributed by atoms with van der Waals surface area (Å²) < 4.78 is 6.23. The molecule has 0 unspecified atom stereocenters. The molecular weight excluding hydrogens is 320 g/mol. The van der Waals surface area contributed by atoms with E-state index in [0.717, 1.165) is 28.6 Å². The van der Waals surface area contributed by atoms with Crippen LogP contribution in [0.3, 0.4) is 0 Å². The molecular formula is C15H15BrN2O2. The van der Waals surface area contributed by atoms with Crippen LogP contribution in [0.2, 0.25) is 0 Å². The predicted octanol–water partition coefficient (Wildman–Crippen LogP) is 3.59. The van der Waals surface area contributed by atoms with E-state index >= 15 is 0 Å². The normalized spacial score (nSPS) is 14.3. The van der Waals surface area contributed by atoms with Gasteiger partial charge >= 0.3 is 0 Å². The first-order valence-corrected chi connectivity index (χ1v) is 7.40. The maximum absolute atomic E-state index is 12.3. The Morgan fingerprint density at radius 2 is 2.20 bits per heavy atom. The number of benzene rings is 1. The third-order valence-electron chi connectivity index (χ3n) is 3.44. The lowest BCUT2D eigenvalue weighted by Crippen LogP contribution is -2.26. The minimum Gasteiger partial charge on any atom is -0.360 e. The van der Waals surface area contributed by atoms with Crippen molar-refractivity contribution in [1.29, 1.82) is 0 Å². The van der Waals surface area contributed by atoms with E-state index in [2.05, 4.69) is 21.1 Å². The second kappa shape index (κ2) is 5.40. The Hall–Kier alpha value is -1.62. The first kappa shape index (κ1) is 13.4. The highest BCUT2D eigenvalue weighted by Gasteiger charge is 2.29. The highest BCUT2D eigenvalue weighted by atomic mass is 79.9. The summed E-state index contributed by atoms with van der Waals surface area (Å²) in [6.45, 7) is 0.534. The van der Waals surface area contributed by atoms with Crippen molar-refractivity contribution in [3.05, 3.63) is 51.8 Å². The summed E-state index contributed by atoms with van der Waals surface area (Å²) in [7, 11) is 1.77. The molecule has 104 valence electrons. The van der Waals surface area contributed by atoms with E-state index in [0.29, 0.717) is 18.2 Å². The van der Waals surface area contributed by atoms with Gasteiger partial charge in [0.2, 0.25) is 0 Å². The van der Waals surface area contributed by atoms with Crippen LogP contribution >= 0.6 is 15.9 Å². The van der Waals surface area contributed by atoms with Gasteiger partial charge in [0.25, 0.3) is 5.91 Å². The van der Waals surface area contributed by atoms with Gasteiger partial charge in [0.1, 0.15) is 5.76 Å². The number of carbonyl (C=O) groups excluding carboxylic acids is 1. The number of amides is 1. The highest BCUT2D eigenvalue weighted by molar-refractivity contribution is 9.10. The Morgan fingerprint density at radius 1 is 1.45 bits per heavy atom. The molecule has 3 rings (SSSR count). The molecule has 0 aliphatic heterocycles. The van der Waals surface area contributed by atoms with E-state index in [1.807, 2.05) is 24.3 Å². The molecule has 1 aliphatic carbocycles. The number of halogens is 1. The molecule has 0 radical (unpaired) electrons. The maximum Gasteiger partial charge on any atom is 0.276 e. The van der Waals surface area contributed by atoms with Gasteiger partial charge in [0.15, 0.2) is 5.69 Å². The molecule has 0 saturated heterocycles. The Labute approximate surface area is 125 Å². The van der Waals surface area contributed by atoms with Crippen molar-refractivity contribution in [2.24, 2.45) is 0 Å². The van der Waals surface area contributed by atoms with E-state index in [9.17, 15) is 4.79 Å². The summed E-state index contributed by atoms with van der Waals surface area (Å²) in [4.78, 5) is 14.0. The minimum absolute atomic E-state index is 0.114. The van der Waals surface area contributed by atoms with Crippen LogP contribution in [0.15, 0.2) is 39.3 Å². The van der Waals surface area contributed by atoms with Gasteiger partial charge in [0.05, 0.1) is 0 Å². The molecule has 0 N–H and O–H groups in total. The molecule has 4 nitrogen and oxygen atoms in total. The van der Waals surface area contributed by atoms with Crippen molar-refractivity contribution in [2.75, 3.05) is 7.05 Å².